The zero-order chi connectivity index (χ0) is 22.1. The predicted molar refractivity (Wildman–Crippen MR) is 112 cm³/mol. The van der Waals surface area contributed by atoms with E-state index < -0.39 is 11.9 Å². The van der Waals surface area contributed by atoms with Gasteiger partial charge in [-0.15, -0.1) is 5.10 Å². The van der Waals surface area contributed by atoms with Crippen molar-refractivity contribution in [3.8, 4) is 5.69 Å². The van der Waals surface area contributed by atoms with Gasteiger partial charge < -0.3 is 19.6 Å². The largest absolute Gasteiger partial charge is 0.456 e. The fraction of sp³-hybridized carbons (Fsp3) is 0.545. The van der Waals surface area contributed by atoms with E-state index in [-0.39, 0.29) is 11.5 Å². The highest BCUT2D eigenvalue weighted by molar-refractivity contribution is 5.85. The van der Waals surface area contributed by atoms with Gasteiger partial charge in [-0.2, -0.15) is 0 Å². The van der Waals surface area contributed by atoms with Crippen molar-refractivity contribution in [1.29, 1.82) is 0 Å². The van der Waals surface area contributed by atoms with Gasteiger partial charge in [0.05, 0.1) is 17.5 Å². The van der Waals surface area contributed by atoms with Crippen LogP contribution < -0.4 is 0 Å². The molecule has 5 rings (SSSR count). The lowest BCUT2D eigenvalue weighted by Gasteiger charge is -2.47. The summed E-state index contributed by atoms with van der Waals surface area (Å²) < 4.78 is 21.0. The second-order valence-electron chi connectivity index (χ2n) is 9.01. The summed E-state index contributed by atoms with van der Waals surface area (Å²) in [4.78, 5) is 15.8. The van der Waals surface area contributed by atoms with E-state index in [9.17, 15) is 14.3 Å². The number of piperidine rings is 2. The Hall–Kier alpha value is -2.85. The molecule has 9 nitrogen and oxygen atoms in total. The minimum Gasteiger partial charge on any atom is -0.456 e. The molecule has 1 N–H and O–H groups in total. The third-order valence-corrected chi connectivity index (χ3v) is 7.18. The molecule has 32 heavy (non-hydrogen) atoms. The van der Waals surface area contributed by atoms with Crippen LogP contribution in [0.25, 0.3) is 5.69 Å². The normalized spacial score (nSPS) is 22.1. The van der Waals surface area contributed by atoms with Crippen LogP contribution in [0.4, 0.5) is 4.39 Å². The van der Waals surface area contributed by atoms with Crippen molar-refractivity contribution in [1.82, 2.24) is 30.0 Å². The quantitative estimate of drug-likeness (QED) is 0.696. The Morgan fingerprint density at radius 3 is 2.53 bits per heavy atom. The highest BCUT2D eigenvalue weighted by atomic mass is 19.1. The number of esters is 1. The highest BCUT2D eigenvalue weighted by Crippen LogP contribution is 2.42. The first-order valence-corrected chi connectivity index (χ1v) is 11.1. The fourth-order valence-electron chi connectivity index (χ4n) is 5.08. The number of halogens is 1. The van der Waals surface area contributed by atoms with Gasteiger partial charge in [0.15, 0.2) is 0 Å². The van der Waals surface area contributed by atoms with Crippen LogP contribution in [0.1, 0.15) is 37.4 Å². The fourth-order valence-corrected chi connectivity index (χ4v) is 5.08. The van der Waals surface area contributed by atoms with Gasteiger partial charge >= 0.3 is 5.97 Å². The van der Waals surface area contributed by atoms with Crippen LogP contribution in [0.2, 0.25) is 0 Å². The molecule has 3 aliphatic heterocycles. The summed E-state index contributed by atoms with van der Waals surface area (Å²) in [6, 6.07) is 4.64. The maximum Gasteiger partial charge on any atom is 0.333 e. The molecule has 170 valence electrons. The third kappa shape index (κ3) is 4.24. The second kappa shape index (κ2) is 8.59. The Balaban J connectivity index is 1.14. The molecule has 0 saturated carbocycles. The first kappa shape index (κ1) is 21.0. The number of aliphatic hydroxyl groups excluding tert-OH is 1. The molecule has 2 saturated heterocycles. The topological polar surface area (TPSA) is 96.6 Å². The summed E-state index contributed by atoms with van der Waals surface area (Å²) in [5.41, 5.74) is 2.12. The van der Waals surface area contributed by atoms with Gasteiger partial charge in [0.1, 0.15) is 18.8 Å². The molecule has 3 aliphatic rings. The zero-order valence-corrected chi connectivity index (χ0v) is 17.9. The second-order valence-corrected chi connectivity index (χ2v) is 9.01. The van der Waals surface area contributed by atoms with Crippen molar-refractivity contribution in [3.05, 3.63) is 47.7 Å². The number of aromatic nitrogens is 4. The number of β-amino-alcohol motifs (C(OH)–C–C–N with tert-alkyl or cyclic N) is 1. The Morgan fingerprint density at radius 1 is 1.16 bits per heavy atom. The minimum absolute atomic E-state index is 0.242. The molecule has 1 aromatic heterocycles. The number of benzene rings is 1. The van der Waals surface area contributed by atoms with Gasteiger partial charge in [0, 0.05) is 37.3 Å². The number of cyclic esters (lactones) is 1. The Bertz CT molecular complexity index is 993. The van der Waals surface area contributed by atoms with Gasteiger partial charge in [0.2, 0.25) is 0 Å². The SMILES string of the molecule is O=C1C=C(N2CCC3(CCN(CC(O)c4ccc(-n5cnnn5)cc4F)CC3)CC2)CO1. The van der Waals surface area contributed by atoms with Gasteiger partial charge in [-0.25, -0.2) is 13.9 Å². The van der Waals surface area contributed by atoms with Crippen molar-refractivity contribution in [2.24, 2.45) is 5.41 Å². The maximum atomic E-state index is 14.6. The van der Waals surface area contributed by atoms with Gasteiger partial charge in [-0.1, -0.05) is 6.07 Å². The van der Waals surface area contributed by atoms with Crippen LogP contribution in [0.3, 0.4) is 0 Å². The van der Waals surface area contributed by atoms with Crippen molar-refractivity contribution in [3.63, 3.8) is 0 Å². The summed E-state index contributed by atoms with van der Waals surface area (Å²) in [6.45, 7) is 4.49. The number of carbonyl (C=O) groups is 1. The van der Waals surface area contributed by atoms with Gasteiger partial charge in [0.25, 0.3) is 0 Å². The lowest BCUT2D eigenvalue weighted by Crippen LogP contribution is -2.47. The molecule has 4 heterocycles. The molecule has 2 aromatic rings. The Labute approximate surface area is 185 Å². The number of carbonyl (C=O) groups excluding carboxylic acids is 1. The Kier molecular flexibility index (Phi) is 5.64. The lowest BCUT2D eigenvalue weighted by molar-refractivity contribution is -0.135. The molecular formula is C22H27FN6O3. The first-order chi connectivity index (χ1) is 15.5. The Morgan fingerprint density at radius 2 is 1.91 bits per heavy atom. The average Bonchev–Trinajstić information content (AvgIpc) is 3.48. The summed E-state index contributed by atoms with van der Waals surface area (Å²) in [5.74, 6) is -0.705. The lowest BCUT2D eigenvalue weighted by atomic mass is 9.71. The van der Waals surface area contributed by atoms with E-state index >= 15 is 0 Å². The maximum absolute atomic E-state index is 14.6. The predicted octanol–water partition coefficient (Wildman–Crippen LogP) is 1.45. The van der Waals surface area contributed by atoms with Crippen LogP contribution in [0, 0.1) is 11.2 Å². The van der Waals surface area contributed by atoms with E-state index in [4.69, 9.17) is 4.74 Å². The number of aliphatic hydroxyl groups is 1. The van der Waals surface area contributed by atoms with Crippen LogP contribution in [-0.4, -0.2) is 80.4 Å². The van der Waals surface area contributed by atoms with E-state index in [2.05, 4.69) is 25.3 Å². The van der Waals surface area contributed by atoms with Crippen LogP contribution in [0.5, 0.6) is 0 Å². The van der Waals surface area contributed by atoms with Crippen LogP contribution >= 0.6 is 0 Å². The van der Waals surface area contributed by atoms with Crippen molar-refractivity contribution in [2.75, 3.05) is 39.3 Å². The highest BCUT2D eigenvalue weighted by Gasteiger charge is 2.38. The van der Waals surface area contributed by atoms with Crippen molar-refractivity contribution < 1.29 is 19.0 Å². The molecule has 1 spiro atoms. The molecule has 0 bridgehead atoms. The first-order valence-electron chi connectivity index (χ1n) is 11.1. The molecule has 10 heteroatoms. The van der Waals surface area contributed by atoms with E-state index in [1.54, 1.807) is 18.2 Å². The monoisotopic (exact) mass is 442 g/mol. The number of ether oxygens (including phenoxy) is 1. The zero-order valence-electron chi connectivity index (χ0n) is 17.9. The van der Waals surface area contributed by atoms with Crippen LogP contribution in [0.15, 0.2) is 36.3 Å². The summed E-state index contributed by atoms with van der Waals surface area (Å²) >= 11 is 0. The molecule has 1 atom stereocenters. The molecular weight excluding hydrogens is 415 g/mol. The summed E-state index contributed by atoms with van der Waals surface area (Å²) in [7, 11) is 0. The number of likely N-dealkylation sites (tertiary alicyclic amines) is 2. The molecule has 1 unspecified atom stereocenters. The average molecular weight is 442 g/mol. The van der Waals surface area contributed by atoms with Crippen molar-refractivity contribution in [2.45, 2.75) is 31.8 Å². The molecule has 0 aliphatic carbocycles. The van der Waals surface area contributed by atoms with Gasteiger partial charge in [-0.3, -0.25) is 0 Å². The summed E-state index contributed by atoms with van der Waals surface area (Å²) in [6.07, 6.45) is 6.46. The molecule has 2 fully saturated rings. The number of hydrogen-bond acceptors (Lipinski definition) is 8. The van der Waals surface area contributed by atoms with E-state index in [1.807, 2.05) is 0 Å². The molecule has 0 amide bonds. The standard InChI is InChI=1S/C22H27FN6O3/c23-19-11-16(29-15-24-25-26-29)1-2-18(19)20(30)13-27-7-3-22(4-8-27)5-9-28(10-6-22)17-12-21(31)32-14-17/h1-2,11-12,15,20,30H,3-10,13-14H2. The number of hydrogen-bond donors (Lipinski definition) is 1. The molecule has 0 radical (unpaired) electrons. The number of nitrogens with zero attached hydrogens (tertiary/aromatic N) is 6. The minimum atomic E-state index is -0.888. The third-order valence-electron chi connectivity index (χ3n) is 7.18. The number of tetrazole rings is 1. The van der Waals surface area contributed by atoms with Crippen LogP contribution in [-0.2, 0) is 9.53 Å². The smallest absolute Gasteiger partial charge is 0.333 e. The summed E-state index contributed by atoms with van der Waals surface area (Å²) in [5, 5.41) is 21.5. The number of rotatable bonds is 5. The van der Waals surface area contributed by atoms with Gasteiger partial charge in [-0.05, 0) is 60.7 Å². The van der Waals surface area contributed by atoms with E-state index in [1.165, 1.54) is 17.1 Å². The van der Waals surface area contributed by atoms with E-state index in [0.29, 0.717) is 24.3 Å². The van der Waals surface area contributed by atoms with E-state index in [0.717, 1.165) is 57.6 Å². The van der Waals surface area contributed by atoms with Crippen molar-refractivity contribution >= 4 is 5.97 Å². The molecule has 1 aromatic carbocycles.